The summed E-state index contributed by atoms with van der Waals surface area (Å²) in [4.78, 5) is 7.59. The van der Waals surface area contributed by atoms with E-state index in [0.29, 0.717) is 38.4 Å². The van der Waals surface area contributed by atoms with Crippen molar-refractivity contribution in [3.8, 4) is 0 Å². The molecule has 1 aliphatic heterocycles. The Hall–Kier alpha value is -1.25. The summed E-state index contributed by atoms with van der Waals surface area (Å²) in [6, 6.07) is 5.35. The quantitative estimate of drug-likeness (QED) is 0.541. The molecule has 0 spiro atoms. The molecule has 2 bridgehead atoms. The highest BCUT2D eigenvalue weighted by molar-refractivity contribution is 7.22. The van der Waals surface area contributed by atoms with Crippen molar-refractivity contribution in [2.45, 2.75) is 50.0 Å². The van der Waals surface area contributed by atoms with Crippen molar-refractivity contribution in [1.82, 2.24) is 9.88 Å². The summed E-state index contributed by atoms with van der Waals surface area (Å²) in [7, 11) is 4.02. The van der Waals surface area contributed by atoms with E-state index < -0.39 is 0 Å². The summed E-state index contributed by atoms with van der Waals surface area (Å²) in [5.74, 6) is 0.811. The number of nitrogens with one attached hydrogen (secondary N) is 1. The largest absolute Gasteiger partial charge is 0.382 e. The van der Waals surface area contributed by atoms with Gasteiger partial charge in [0.1, 0.15) is 0 Å². The third kappa shape index (κ3) is 4.18. The third-order valence-electron chi connectivity index (χ3n) is 7.94. The molecule has 7 heteroatoms. The van der Waals surface area contributed by atoms with Gasteiger partial charge in [0.2, 0.25) is 0 Å². The van der Waals surface area contributed by atoms with Crippen molar-refractivity contribution in [1.29, 1.82) is 0 Å². The number of hydrogen-bond acceptors (Lipinski definition) is 7. The fraction of sp³-hybridized carbons (Fsp3) is 0.720. The van der Waals surface area contributed by atoms with Crippen LogP contribution in [0.2, 0.25) is 0 Å². The second-order valence-corrected chi connectivity index (χ2v) is 10.6. The molecule has 0 unspecified atom stereocenters. The summed E-state index contributed by atoms with van der Waals surface area (Å²) in [6.45, 7) is 5.11. The lowest BCUT2D eigenvalue weighted by Crippen LogP contribution is -2.59. The second-order valence-electron chi connectivity index (χ2n) is 9.62. The molecule has 176 valence electrons. The lowest BCUT2D eigenvalue weighted by atomic mass is 9.52. The minimum Gasteiger partial charge on any atom is -0.382 e. The lowest BCUT2D eigenvalue weighted by molar-refractivity contribution is 0.00390. The van der Waals surface area contributed by atoms with Crippen LogP contribution in [0, 0.1) is 5.92 Å². The van der Waals surface area contributed by atoms with Crippen molar-refractivity contribution in [3.63, 3.8) is 0 Å². The monoisotopic (exact) mass is 459 g/mol. The van der Waals surface area contributed by atoms with Crippen LogP contribution in [0.4, 0.5) is 5.13 Å². The smallest absolute Gasteiger partial charge is 0.183 e. The van der Waals surface area contributed by atoms with Crippen molar-refractivity contribution < 1.29 is 14.2 Å². The number of piperidine rings is 1. The van der Waals surface area contributed by atoms with Crippen molar-refractivity contribution in [3.05, 3.63) is 23.3 Å². The Morgan fingerprint density at radius 1 is 1.12 bits per heavy atom. The van der Waals surface area contributed by atoms with Crippen molar-refractivity contribution in [2.75, 3.05) is 65.6 Å². The average molecular weight is 460 g/mol. The maximum Gasteiger partial charge on any atom is 0.183 e. The Kier molecular flexibility index (Phi) is 7.00. The molecule has 1 N–H and O–H groups in total. The zero-order valence-corrected chi connectivity index (χ0v) is 20.3. The van der Waals surface area contributed by atoms with Gasteiger partial charge in [0, 0.05) is 25.1 Å². The number of hydrogen-bond donors (Lipinski definition) is 1. The first-order valence-corrected chi connectivity index (χ1v) is 13.1. The van der Waals surface area contributed by atoms with E-state index in [4.69, 9.17) is 19.2 Å². The number of nitrogens with zero attached hydrogens (tertiary/aromatic N) is 2. The van der Waals surface area contributed by atoms with E-state index in [1.807, 2.05) is 11.3 Å². The standard InChI is InChI=1S/C25H37N3O3S/c1-28-11-9-25-8-4-3-5-19(25)21(28)17-18-6-7-20-23(22(18)25)32-24(27-20)26-10-12-30-15-16-31-14-13-29-2/h6-7,19,21H,3-5,8-17H2,1-2H3,(H,26,27)/t19-,21+,25-/m0/s1. The maximum atomic E-state index is 5.68. The molecular weight excluding hydrogens is 422 g/mol. The van der Waals surface area contributed by atoms with Gasteiger partial charge in [-0.15, -0.1) is 0 Å². The van der Waals surface area contributed by atoms with Crippen molar-refractivity contribution in [2.24, 2.45) is 5.92 Å². The first kappa shape index (κ1) is 22.5. The van der Waals surface area contributed by atoms with E-state index in [9.17, 15) is 0 Å². The Balaban J connectivity index is 1.27. The van der Waals surface area contributed by atoms with E-state index in [1.165, 1.54) is 55.3 Å². The Labute approximate surface area is 195 Å². The maximum absolute atomic E-state index is 5.68. The summed E-state index contributed by atoms with van der Waals surface area (Å²) < 4.78 is 17.5. The predicted molar refractivity (Wildman–Crippen MR) is 130 cm³/mol. The van der Waals surface area contributed by atoms with Crippen LogP contribution in [-0.4, -0.2) is 76.2 Å². The van der Waals surface area contributed by atoms with Crippen LogP contribution in [0.25, 0.3) is 10.2 Å². The lowest BCUT2D eigenvalue weighted by Gasteiger charge is -2.58. The Morgan fingerprint density at radius 3 is 2.84 bits per heavy atom. The molecule has 1 saturated heterocycles. The highest BCUT2D eigenvalue weighted by Gasteiger charge is 2.53. The normalized spacial score (nSPS) is 27.3. The molecule has 1 saturated carbocycles. The number of fused-ring (bicyclic) bond motifs is 3. The predicted octanol–water partition coefficient (Wildman–Crippen LogP) is 4.08. The molecule has 2 heterocycles. The molecule has 0 radical (unpaired) electrons. The van der Waals surface area contributed by atoms with E-state index in [2.05, 4.69) is 29.4 Å². The molecular formula is C25H37N3O3S. The van der Waals surface area contributed by atoms with Crippen molar-refractivity contribution >= 4 is 26.7 Å². The summed E-state index contributed by atoms with van der Waals surface area (Å²) in [5, 5.41) is 4.52. The van der Waals surface area contributed by atoms with Gasteiger partial charge in [0.15, 0.2) is 5.13 Å². The second kappa shape index (κ2) is 9.94. The SMILES string of the molecule is COCCOCCOCCNc1nc2ccc3c(c2s1)[C@]12CCCC[C@H]1[C@@H](C3)N(C)CC2. The number of ether oxygens (including phenoxy) is 3. The minimum atomic E-state index is 0.373. The van der Waals surface area contributed by atoms with Gasteiger partial charge in [0.05, 0.1) is 43.3 Å². The van der Waals surface area contributed by atoms with Gasteiger partial charge < -0.3 is 24.4 Å². The van der Waals surface area contributed by atoms with Gasteiger partial charge >= 0.3 is 0 Å². The molecule has 32 heavy (non-hydrogen) atoms. The number of thiazole rings is 1. The van der Waals surface area contributed by atoms with Gasteiger partial charge in [0.25, 0.3) is 0 Å². The molecule has 5 rings (SSSR count). The molecule has 2 aliphatic carbocycles. The molecule has 3 atom stereocenters. The van der Waals surface area contributed by atoms with Gasteiger partial charge in [-0.25, -0.2) is 4.98 Å². The van der Waals surface area contributed by atoms with E-state index in [-0.39, 0.29) is 0 Å². The minimum absolute atomic E-state index is 0.373. The average Bonchev–Trinajstić information content (AvgIpc) is 3.23. The van der Waals surface area contributed by atoms with E-state index in [0.717, 1.165) is 23.6 Å². The van der Waals surface area contributed by atoms with Gasteiger partial charge in [-0.05, 0) is 62.4 Å². The number of rotatable bonds is 10. The van der Waals surface area contributed by atoms with Crippen LogP contribution in [0.5, 0.6) is 0 Å². The fourth-order valence-electron chi connectivity index (χ4n) is 6.46. The zero-order valence-electron chi connectivity index (χ0n) is 19.5. The molecule has 3 aliphatic rings. The number of anilines is 1. The van der Waals surface area contributed by atoms with Crippen LogP contribution in [0.1, 0.15) is 43.2 Å². The number of likely N-dealkylation sites (N-methyl/N-ethyl adjacent to an activating group) is 1. The highest BCUT2D eigenvalue weighted by Crippen LogP contribution is 2.57. The Morgan fingerprint density at radius 2 is 1.97 bits per heavy atom. The first-order valence-electron chi connectivity index (χ1n) is 12.2. The summed E-state index contributed by atoms with van der Waals surface area (Å²) in [5.41, 5.74) is 4.79. The topological polar surface area (TPSA) is 55.9 Å². The molecule has 0 amide bonds. The molecule has 2 aromatic rings. The van der Waals surface area contributed by atoms with E-state index >= 15 is 0 Å². The van der Waals surface area contributed by atoms with Crippen LogP contribution in [0.3, 0.4) is 0 Å². The molecule has 6 nitrogen and oxygen atoms in total. The third-order valence-corrected chi connectivity index (χ3v) is 8.98. The van der Waals surface area contributed by atoms with Crippen LogP contribution < -0.4 is 5.32 Å². The highest BCUT2D eigenvalue weighted by atomic mass is 32.1. The first-order chi connectivity index (χ1) is 15.7. The summed E-state index contributed by atoms with van der Waals surface area (Å²) >= 11 is 1.86. The van der Waals surface area contributed by atoms with Gasteiger partial charge in [-0.2, -0.15) is 0 Å². The number of likely N-dealkylation sites (tertiary alicyclic amines) is 1. The van der Waals surface area contributed by atoms with Gasteiger partial charge in [-0.3, -0.25) is 0 Å². The van der Waals surface area contributed by atoms with Crippen LogP contribution in [-0.2, 0) is 26.0 Å². The van der Waals surface area contributed by atoms with Gasteiger partial charge in [-0.1, -0.05) is 30.2 Å². The molecule has 1 aromatic carbocycles. The summed E-state index contributed by atoms with van der Waals surface area (Å²) in [6.07, 6.45) is 8.03. The van der Waals surface area contributed by atoms with E-state index in [1.54, 1.807) is 18.2 Å². The zero-order chi connectivity index (χ0) is 22.0. The number of methoxy groups -OCH3 is 1. The molecule has 1 aromatic heterocycles. The number of benzene rings is 1. The van der Waals surface area contributed by atoms with Crippen LogP contribution in [0.15, 0.2) is 12.1 Å². The van der Waals surface area contributed by atoms with Crippen LogP contribution >= 0.6 is 11.3 Å². The Bertz CT molecular complexity index is 919. The number of aromatic nitrogens is 1. The molecule has 2 fully saturated rings. The fourth-order valence-corrected chi connectivity index (χ4v) is 7.63.